The lowest BCUT2D eigenvalue weighted by molar-refractivity contribution is -0.153. The molecular formula is C16H20O3. The zero-order valence-corrected chi connectivity index (χ0v) is 11.4. The lowest BCUT2D eigenvalue weighted by Gasteiger charge is -2.46. The van der Waals surface area contributed by atoms with Crippen molar-refractivity contribution >= 4 is 5.78 Å². The molecule has 1 heterocycles. The maximum atomic E-state index is 11.2. The molecular weight excluding hydrogens is 240 g/mol. The van der Waals surface area contributed by atoms with E-state index in [9.17, 15) is 4.79 Å². The number of rotatable bonds is 3. The summed E-state index contributed by atoms with van der Waals surface area (Å²) in [4.78, 5) is 11.2. The van der Waals surface area contributed by atoms with Gasteiger partial charge in [0.15, 0.2) is 5.78 Å². The van der Waals surface area contributed by atoms with Crippen LogP contribution in [0.5, 0.6) is 5.75 Å². The summed E-state index contributed by atoms with van der Waals surface area (Å²) in [6, 6.07) is 7.44. The minimum atomic E-state index is 0.0889. The molecule has 1 spiro atoms. The molecule has 3 rings (SSSR count). The summed E-state index contributed by atoms with van der Waals surface area (Å²) in [5, 5.41) is 0. The summed E-state index contributed by atoms with van der Waals surface area (Å²) < 4.78 is 11.9. The van der Waals surface area contributed by atoms with Gasteiger partial charge in [0, 0.05) is 18.4 Å². The van der Waals surface area contributed by atoms with E-state index >= 15 is 0 Å². The van der Waals surface area contributed by atoms with Gasteiger partial charge in [-0.05, 0) is 50.5 Å². The molecule has 1 aliphatic carbocycles. The van der Waals surface area contributed by atoms with Gasteiger partial charge in [0.25, 0.3) is 0 Å². The molecule has 1 aromatic carbocycles. The summed E-state index contributed by atoms with van der Waals surface area (Å²) >= 11 is 0. The van der Waals surface area contributed by atoms with Crippen LogP contribution in [-0.2, 0) is 4.74 Å². The molecule has 19 heavy (non-hydrogen) atoms. The van der Waals surface area contributed by atoms with Gasteiger partial charge in [-0.1, -0.05) is 0 Å². The maximum Gasteiger partial charge on any atom is 0.159 e. The van der Waals surface area contributed by atoms with Crippen molar-refractivity contribution in [3.8, 4) is 5.75 Å². The zero-order chi connectivity index (χ0) is 13.3. The highest BCUT2D eigenvalue weighted by molar-refractivity contribution is 5.94. The number of benzene rings is 1. The van der Waals surface area contributed by atoms with Gasteiger partial charge in [-0.2, -0.15) is 0 Å². The number of Topliss-reactive ketones (excluding diaryl/α,β-unsaturated/α-hetero) is 1. The fourth-order valence-corrected chi connectivity index (χ4v) is 2.96. The Morgan fingerprint density at radius 3 is 2.63 bits per heavy atom. The van der Waals surface area contributed by atoms with Crippen LogP contribution in [0.3, 0.4) is 0 Å². The molecule has 0 bridgehead atoms. The Balaban J connectivity index is 1.62. The second-order valence-electron chi connectivity index (χ2n) is 5.70. The Labute approximate surface area is 113 Å². The average molecular weight is 260 g/mol. The largest absolute Gasteiger partial charge is 0.490 e. The van der Waals surface area contributed by atoms with Crippen LogP contribution < -0.4 is 4.74 Å². The summed E-state index contributed by atoms with van der Waals surface area (Å²) in [6.07, 6.45) is 5.83. The van der Waals surface area contributed by atoms with Crippen LogP contribution in [0.25, 0.3) is 0 Å². The van der Waals surface area contributed by atoms with Crippen molar-refractivity contribution in [1.82, 2.24) is 0 Å². The predicted molar refractivity (Wildman–Crippen MR) is 72.6 cm³/mol. The summed E-state index contributed by atoms with van der Waals surface area (Å²) in [5.41, 5.74) is 0.845. The van der Waals surface area contributed by atoms with Gasteiger partial charge in [0.1, 0.15) is 11.9 Å². The molecule has 1 saturated carbocycles. The molecule has 0 radical (unpaired) electrons. The van der Waals surface area contributed by atoms with E-state index in [2.05, 4.69) is 0 Å². The molecule has 1 saturated heterocycles. The highest BCUT2D eigenvalue weighted by Crippen LogP contribution is 2.43. The first-order valence-corrected chi connectivity index (χ1v) is 7.09. The molecule has 3 heteroatoms. The van der Waals surface area contributed by atoms with E-state index in [1.165, 1.54) is 19.3 Å². The molecule has 2 aliphatic rings. The Kier molecular flexibility index (Phi) is 3.31. The Bertz CT molecular complexity index is 459. The monoisotopic (exact) mass is 260 g/mol. The van der Waals surface area contributed by atoms with Crippen LogP contribution >= 0.6 is 0 Å². The molecule has 1 aromatic rings. The molecule has 0 amide bonds. The predicted octanol–water partition coefficient (Wildman–Crippen LogP) is 3.37. The van der Waals surface area contributed by atoms with E-state index in [0.717, 1.165) is 30.8 Å². The Hall–Kier alpha value is -1.35. The summed E-state index contributed by atoms with van der Waals surface area (Å²) in [6.45, 7) is 2.38. The van der Waals surface area contributed by atoms with Crippen LogP contribution in [0.4, 0.5) is 0 Å². The first-order chi connectivity index (χ1) is 9.17. The third-order valence-corrected chi connectivity index (χ3v) is 4.28. The number of carbonyl (C=O) groups is 1. The SMILES string of the molecule is CC(=O)c1ccc(OC2CCOC3(CCC3)C2)cc1. The summed E-state index contributed by atoms with van der Waals surface area (Å²) in [7, 11) is 0. The van der Waals surface area contributed by atoms with Gasteiger partial charge >= 0.3 is 0 Å². The fourth-order valence-electron chi connectivity index (χ4n) is 2.96. The van der Waals surface area contributed by atoms with Crippen molar-refractivity contribution in [3.05, 3.63) is 29.8 Å². The highest BCUT2D eigenvalue weighted by atomic mass is 16.5. The van der Waals surface area contributed by atoms with Gasteiger partial charge in [0.2, 0.25) is 0 Å². The van der Waals surface area contributed by atoms with E-state index < -0.39 is 0 Å². The van der Waals surface area contributed by atoms with E-state index in [1.54, 1.807) is 6.92 Å². The van der Waals surface area contributed by atoms with Crippen molar-refractivity contribution in [3.63, 3.8) is 0 Å². The quantitative estimate of drug-likeness (QED) is 0.782. The van der Waals surface area contributed by atoms with Crippen LogP contribution in [-0.4, -0.2) is 24.1 Å². The van der Waals surface area contributed by atoms with Gasteiger partial charge in [-0.15, -0.1) is 0 Å². The third-order valence-electron chi connectivity index (χ3n) is 4.28. The van der Waals surface area contributed by atoms with Gasteiger partial charge < -0.3 is 9.47 Å². The second-order valence-corrected chi connectivity index (χ2v) is 5.70. The molecule has 0 N–H and O–H groups in total. The molecule has 1 atom stereocenters. The highest BCUT2D eigenvalue weighted by Gasteiger charge is 2.43. The van der Waals surface area contributed by atoms with Crippen molar-refractivity contribution in [2.24, 2.45) is 0 Å². The average Bonchev–Trinajstić information content (AvgIpc) is 2.38. The van der Waals surface area contributed by atoms with Crippen LogP contribution in [0.1, 0.15) is 49.4 Å². The normalized spacial score (nSPS) is 24.8. The minimum Gasteiger partial charge on any atom is -0.490 e. The summed E-state index contributed by atoms with van der Waals surface area (Å²) in [5.74, 6) is 0.942. The molecule has 2 fully saturated rings. The molecule has 0 aromatic heterocycles. The van der Waals surface area contributed by atoms with Gasteiger partial charge in [0.05, 0.1) is 12.2 Å². The number of hydrogen-bond donors (Lipinski definition) is 0. The Morgan fingerprint density at radius 2 is 2.05 bits per heavy atom. The third kappa shape index (κ3) is 2.66. The van der Waals surface area contributed by atoms with Crippen molar-refractivity contribution < 1.29 is 14.3 Å². The van der Waals surface area contributed by atoms with Gasteiger partial charge in [-0.3, -0.25) is 4.79 Å². The van der Waals surface area contributed by atoms with Gasteiger partial charge in [-0.25, -0.2) is 0 Å². The fraction of sp³-hybridized carbons (Fsp3) is 0.562. The first kappa shape index (κ1) is 12.7. The van der Waals surface area contributed by atoms with E-state index in [0.29, 0.717) is 0 Å². The van der Waals surface area contributed by atoms with Crippen LogP contribution in [0.2, 0.25) is 0 Å². The topological polar surface area (TPSA) is 35.5 Å². The van der Waals surface area contributed by atoms with E-state index in [4.69, 9.17) is 9.47 Å². The second kappa shape index (κ2) is 4.97. The number of ketones is 1. The first-order valence-electron chi connectivity index (χ1n) is 7.09. The number of carbonyl (C=O) groups excluding carboxylic acids is 1. The molecule has 102 valence electrons. The molecule has 3 nitrogen and oxygen atoms in total. The lowest BCUT2D eigenvalue weighted by Crippen LogP contribution is -2.48. The lowest BCUT2D eigenvalue weighted by atomic mass is 9.74. The maximum absolute atomic E-state index is 11.2. The van der Waals surface area contributed by atoms with Crippen LogP contribution in [0.15, 0.2) is 24.3 Å². The molecule has 1 unspecified atom stereocenters. The standard InChI is InChI=1S/C16H20O3/c1-12(17)13-3-5-14(6-4-13)19-15-7-10-18-16(11-15)8-2-9-16/h3-6,15H,2,7-11H2,1H3. The van der Waals surface area contributed by atoms with E-state index in [-0.39, 0.29) is 17.5 Å². The molecule has 1 aliphatic heterocycles. The van der Waals surface area contributed by atoms with E-state index in [1.807, 2.05) is 24.3 Å². The smallest absolute Gasteiger partial charge is 0.159 e. The number of ether oxygens (including phenoxy) is 2. The Morgan fingerprint density at radius 1 is 1.32 bits per heavy atom. The van der Waals surface area contributed by atoms with Crippen molar-refractivity contribution in [2.45, 2.75) is 50.7 Å². The van der Waals surface area contributed by atoms with Crippen molar-refractivity contribution in [2.75, 3.05) is 6.61 Å². The van der Waals surface area contributed by atoms with Crippen LogP contribution in [0, 0.1) is 0 Å². The zero-order valence-electron chi connectivity index (χ0n) is 11.4. The van der Waals surface area contributed by atoms with Crippen molar-refractivity contribution in [1.29, 1.82) is 0 Å². The number of hydrogen-bond acceptors (Lipinski definition) is 3. The minimum absolute atomic E-state index is 0.0889.